The van der Waals surface area contributed by atoms with Crippen LogP contribution < -0.4 is 10.6 Å². The van der Waals surface area contributed by atoms with Crippen molar-refractivity contribution in [1.29, 1.82) is 0 Å². The van der Waals surface area contributed by atoms with Gasteiger partial charge in [-0.1, -0.05) is 6.07 Å². The molecule has 2 N–H and O–H groups in total. The largest absolute Gasteiger partial charge is 0.347 e. The third kappa shape index (κ3) is 5.16. The first-order chi connectivity index (χ1) is 11.1. The van der Waals surface area contributed by atoms with E-state index in [0.29, 0.717) is 0 Å². The number of nitrogens with zero attached hydrogens (tertiary/aromatic N) is 2. The van der Waals surface area contributed by atoms with Gasteiger partial charge in [0.25, 0.3) is 0 Å². The molecule has 0 aliphatic heterocycles. The summed E-state index contributed by atoms with van der Waals surface area (Å²) in [6.45, 7) is 1.54. The first kappa shape index (κ1) is 19.8. The molecule has 1 aromatic rings. The van der Waals surface area contributed by atoms with Gasteiger partial charge in [0.2, 0.25) is 5.91 Å². The Bertz CT molecular complexity index is 573. The highest BCUT2D eigenvalue weighted by molar-refractivity contribution is 5.86. The topological polar surface area (TPSA) is 64.7 Å². The van der Waals surface area contributed by atoms with Gasteiger partial charge in [0.15, 0.2) is 0 Å². The molecule has 0 radical (unpaired) electrons. The van der Waals surface area contributed by atoms with Crippen molar-refractivity contribution in [2.24, 2.45) is 0 Å². The fraction of sp³-hybridized carbons (Fsp3) is 0.500. The Balaban J connectivity index is 2.75. The summed E-state index contributed by atoms with van der Waals surface area (Å²) in [5.41, 5.74) is -0.111. The van der Waals surface area contributed by atoms with E-state index < -0.39 is 29.7 Å². The Labute approximate surface area is 140 Å². The SMILES string of the molecule is C[C@H](NC(=O)NC[C@H](c1c(F)cccc1F)N(C)C)C(=O)N(C)C. The molecule has 0 aliphatic rings. The number of rotatable bonds is 6. The minimum absolute atomic E-state index is 0.0143. The molecule has 0 aliphatic carbocycles. The van der Waals surface area contributed by atoms with Crippen LogP contribution in [0.5, 0.6) is 0 Å². The lowest BCUT2D eigenvalue weighted by Gasteiger charge is -2.26. The van der Waals surface area contributed by atoms with Crippen molar-refractivity contribution in [3.05, 3.63) is 35.4 Å². The van der Waals surface area contributed by atoms with E-state index in [-0.39, 0.29) is 18.0 Å². The summed E-state index contributed by atoms with van der Waals surface area (Å²) in [5.74, 6) is -1.60. The maximum absolute atomic E-state index is 13.9. The zero-order valence-corrected chi connectivity index (χ0v) is 14.6. The fourth-order valence-corrected chi connectivity index (χ4v) is 2.26. The molecule has 0 fully saturated rings. The second kappa shape index (κ2) is 8.58. The lowest BCUT2D eigenvalue weighted by atomic mass is 10.0. The Morgan fingerprint density at radius 3 is 2.12 bits per heavy atom. The minimum Gasteiger partial charge on any atom is -0.347 e. The van der Waals surface area contributed by atoms with Gasteiger partial charge in [-0.15, -0.1) is 0 Å². The smallest absolute Gasteiger partial charge is 0.315 e. The fourth-order valence-electron chi connectivity index (χ4n) is 2.26. The van der Waals surface area contributed by atoms with Gasteiger partial charge in [-0.3, -0.25) is 4.79 Å². The third-order valence-electron chi connectivity index (χ3n) is 3.57. The predicted molar refractivity (Wildman–Crippen MR) is 87.5 cm³/mol. The number of carbonyl (C=O) groups is 2. The van der Waals surface area contributed by atoms with Crippen molar-refractivity contribution < 1.29 is 18.4 Å². The van der Waals surface area contributed by atoms with Crippen molar-refractivity contribution in [3.63, 3.8) is 0 Å². The number of benzene rings is 1. The Morgan fingerprint density at radius 2 is 1.67 bits per heavy atom. The third-order valence-corrected chi connectivity index (χ3v) is 3.57. The van der Waals surface area contributed by atoms with Crippen LogP contribution in [0, 0.1) is 11.6 Å². The Hall–Kier alpha value is -2.22. The molecule has 2 atom stereocenters. The quantitative estimate of drug-likeness (QED) is 0.820. The monoisotopic (exact) mass is 342 g/mol. The van der Waals surface area contributed by atoms with E-state index in [0.717, 1.165) is 0 Å². The van der Waals surface area contributed by atoms with Crippen molar-refractivity contribution >= 4 is 11.9 Å². The number of carbonyl (C=O) groups excluding carboxylic acids is 2. The van der Waals surface area contributed by atoms with Crippen molar-refractivity contribution in [1.82, 2.24) is 20.4 Å². The van der Waals surface area contributed by atoms with Gasteiger partial charge in [0.05, 0.1) is 6.04 Å². The summed E-state index contributed by atoms with van der Waals surface area (Å²) in [7, 11) is 6.49. The molecule has 1 aromatic carbocycles. The van der Waals surface area contributed by atoms with E-state index in [4.69, 9.17) is 0 Å². The van der Waals surface area contributed by atoms with Crippen LogP contribution in [0.3, 0.4) is 0 Å². The van der Waals surface area contributed by atoms with Crippen LogP contribution in [0.2, 0.25) is 0 Å². The molecule has 6 nitrogen and oxygen atoms in total. The van der Waals surface area contributed by atoms with Crippen LogP contribution in [0.15, 0.2) is 18.2 Å². The molecule has 0 bridgehead atoms. The number of hydrogen-bond donors (Lipinski definition) is 2. The molecule has 0 unspecified atom stereocenters. The number of halogens is 2. The summed E-state index contributed by atoms with van der Waals surface area (Å²) in [5, 5.41) is 5.03. The second-order valence-electron chi connectivity index (χ2n) is 5.92. The summed E-state index contributed by atoms with van der Waals surface area (Å²) in [6.07, 6.45) is 0. The second-order valence-corrected chi connectivity index (χ2v) is 5.92. The van der Waals surface area contributed by atoms with Gasteiger partial charge in [-0.25, -0.2) is 13.6 Å². The molecule has 0 aromatic heterocycles. The number of amides is 3. The molecular weight excluding hydrogens is 318 g/mol. The molecule has 1 rings (SSSR count). The minimum atomic E-state index is -0.706. The van der Waals surface area contributed by atoms with Gasteiger partial charge >= 0.3 is 6.03 Å². The van der Waals surface area contributed by atoms with Crippen LogP contribution >= 0.6 is 0 Å². The average molecular weight is 342 g/mol. The molecule has 3 amide bonds. The Kier molecular flexibility index (Phi) is 7.09. The number of urea groups is 1. The summed E-state index contributed by atoms with van der Waals surface area (Å²) in [6, 6.07) is 1.66. The highest BCUT2D eigenvalue weighted by atomic mass is 19.1. The van der Waals surface area contributed by atoms with Gasteiger partial charge in [-0.05, 0) is 33.2 Å². The standard InChI is InChI=1S/C16H24F2N4O2/c1-10(15(23)22(4)5)20-16(24)19-9-13(21(2)3)14-11(17)7-6-8-12(14)18/h6-8,10,13H,9H2,1-5H3,(H2,19,20,24)/t10-,13+/m0/s1. The van der Waals surface area contributed by atoms with E-state index in [9.17, 15) is 18.4 Å². The van der Waals surface area contributed by atoms with E-state index in [1.54, 1.807) is 40.0 Å². The van der Waals surface area contributed by atoms with Crippen LogP contribution in [-0.2, 0) is 4.79 Å². The average Bonchev–Trinajstić information content (AvgIpc) is 2.48. The normalized spacial score (nSPS) is 13.3. The maximum Gasteiger partial charge on any atom is 0.315 e. The lowest BCUT2D eigenvalue weighted by molar-refractivity contribution is -0.130. The van der Waals surface area contributed by atoms with E-state index >= 15 is 0 Å². The van der Waals surface area contributed by atoms with Gasteiger partial charge in [0, 0.05) is 26.2 Å². The maximum atomic E-state index is 13.9. The number of likely N-dealkylation sites (N-methyl/N-ethyl adjacent to an activating group) is 2. The van der Waals surface area contributed by atoms with E-state index in [1.807, 2.05) is 0 Å². The van der Waals surface area contributed by atoms with Crippen LogP contribution in [0.25, 0.3) is 0 Å². The zero-order valence-electron chi connectivity index (χ0n) is 14.6. The molecule has 0 saturated carbocycles. The molecule has 8 heteroatoms. The summed E-state index contributed by atoms with van der Waals surface area (Å²) in [4.78, 5) is 26.6. The molecule has 24 heavy (non-hydrogen) atoms. The summed E-state index contributed by atoms with van der Waals surface area (Å²) < 4.78 is 27.9. The van der Waals surface area contributed by atoms with Crippen molar-refractivity contribution in [2.75, 3.05) is 34.7 Å². The molecular formula is C16H24F2N4O2. The number of nitrogens with one attached hydrogen (secondary N) is 2. The van der Waals surface area contributed by atoms with E-state index in [2.05, 4.69) is 10.6 Å². The summed E-state index contributed by atoms with van der Waals surface area (Å²) >= 11 is 0. The highest BCUT2D eigenvalue weighted by Gasteiger charge is 2.23. The Morgan fingerprint density at radius 1 is 1.12 bits per heavy atom. The molecule has 0 spiro atoms. The molecule has 0 saturated heterocycles. The zero-order chi connectivity index (χ0) is 18.4. The van der Waals surface area contributed by atoms with Crippen molar-refractivity contribution in [3.8, 4) is 0 Å². The van der Waals surface area contributed by atoms with Gasteiger partial charge in [-0.2, -0.15) is 0 Å². The first-order valence-electron chi connectivity index (χ1n) is 7.51. The lowest BCUT2D eigenvalue weighted by Crippen LogP contribution is -2.49. The van der Waals surface area contributed by atoms with Gasteiger partial charge in [0.1, 0.15) is 17.7 Å². The van der Waals surface area contributed by atoms with Crippen molar-refractivity contribution in [2.45, 2.75) is 19.0 Å². The van der Waals surface area contributed by atoms with Gasteiger partial charge < -0.3 is 20.4 Å². The van der Waals surface area contributed by atoms with Crippen LogP contribution in [0.1, 0.15) is 18.5 Å². The predicted octanol–water partition coefficient (Wildman–Crippen LogP) is 1.34. The number of hydrogen-bond acceptors (Lipinski definition) is 3. The van der Waals surface area contributed by atoms with E-state index in [1.165, 1.54) is 23.1 Å². The van der Waals surface area contributed by atoms with Crippen LogP contribution in [0.4, 0.5) is 13.6 Å². The van der Waals surface area contributed by atoms with Crippen LogP contribution in [-0.4, -0.2) is 62.5 Å². The molecule has 134 valence electrons. The highest BCUT2D eigenvalue weighted by Crippen LogP contribution is 2.23. The first-order valence-corrected chi connectivity index (χ1v) is 7.51. The molecule has 0 heterocycles.